The molecule has 1 aliphatic rings. The van der Waals surface area contributed by atoms with E-state index >= 15 is 0 Å². The highest BCUT2D eigenvalue weighted by Crippen LogP contribution is 2.21. The SMILES string of the molecule is CN=C(NCCCc1cnn(C)c1)N1CC=C(c2ccccc2)CC1.I. The van der Waals surface area contributed by atoms with Crippen molar-refractivity contribution in [3.05, 3.63) is 59.9 Å². The van der Waals surface area contributed by atoms with Gasteiger partial charge in [-0.3, -0.25) is 9.67 Å². The number of nitrogens with zero attached hydrogens (tertiary/aromatic N) is 4. The molecule has 2 aromatic rings. The van der Waals surface area contributed by atoms with Gasteiger partial charge in [-0.15, -0.1) is 24.0 Å². The van der Waals surface area contributed by atoms with Crippen molar-refractivity contribution in [1.29, 1.82) is 0 Å². The fourth-order valence-electron chi connectivity index (χ4n) is 3.20. The highest BCUT2D eigenvalue weighted by atomic mass is 127. The van der Waals surface area contributed by atoms with Gasteiger partial charge < -0.3 is 10.2 Å². The highest BCUT2D eigenvalue weighted by molar-refractivity contribution is 14.0. The van der Waals surface area contributed by atoms with Crippen molar-refractivity contribution in [2.24, 2.45) is 12.0 Å². The Hall–Kier alpha value is -1.83. The van der Waals surface area contributed by atoms with Gasteiger partial charge in [0.2, 0.25) is 0 Å². The quantitative estimate of drug-likeness (QED) is 0.319. The summed E-state index contributed by atoms with van der Waals surface area (Å²) in [6, 6.07) is 10.6. The van der Waals surface area contributed by atoms with Crippen LogP contribution in [0.1, 0.15) is 24.0 Å². The summed E-state index contributed by atoms with van der Waals surface area (Å²) in [6.07, 6.45) is 9.51. The molecule has 0 unspecified atom stereocenters. The van der Waals surface area contributed by atoms with Crippen molar-refractivity contribution in [1.82, 2.24) is 20.0 Å². The molecule has 1 aliphatic heterocycles. The second kappa shape index (κ2) is 10.4. The summed E-state index contributed by atoms with van der Waals surface area (Å²) in [4.78, 5) is 6.76. The first kappa shape index (κ1) is 20.5. The molecule has 2 heterocycles. The van der Waals surface area contributed by atoms with Crippen LogP contribution in [0.3, 0.4) is 0 Å². The largest absolute Gasteiger partial charge is 0.356 e. The number of nitrogens with one attached hydrogen (secondary N) is 1. The van der Waals surface area contributed by atoms with Crippen molar-refractivity contribution in [3.63, 3.8) is 0 Å². The number of aromatic nitrogens is 2. The fraction of sp³-hybridized carbons (Fsp3) is 0.400. The molecule has 1 N–H and O–H groups in total. The zero-order chi connectivity index (χ0) is 17.5. The average Bonchev–Trinajstić information content (AvgIpc) is 3.08. The number of guanidine groups is 1. The van der Waals surface area contributed by atoms with Gasteiger partial charge >= 0.3 is 0 Å². The predicted octanol–water partition coefficient (Wildman–Crippen LogP) is 3.34. The highest BCUT2D eigenvalue weighted by Gasteiger charge is 2.15. The molecule has 1 aromatic carbocycles. The summed E-state index contributed by atoms with van der Waals surface area (Å²) in [7, 11) is 3.82. The van der Waals surface area contributed by atoms with E-state index in [9.17, 15) is 0 Å². The van der Waals surface area contributed by atoms with Gasteiger partial charge in [-0.1, -0.05) is 36.4 Å². The van der Waals surface area contributed by atoms with Crippen LogP contribution in [-0.4, -0.2) is 47.3 Å². The lowest BCUT2D eigenvalue weighted by Crippen LogP contribution is -2.43. The van der Waals surface area contributed by atoms with Crippen LogP contribution in [0.5, 0.6) is 0 Å². The van der Waals surface area contributed by atoms with Crippen molar-refractivity contribution in [2.75, 3.05) is 26.7 Å². The van der Waals surface area contributed by atoms with Crippen LogP contribution in [0.2, 0.25) is 0 Å². The maximum absolute atomic E-state index is 4.44. The molecule has 1 aromatic heterocycles. The zero-order valence-electron chi connectivity index (χ0n) is 15.6. The van der Waals surface area contributed by atoms with Crippen LogP contribution in [0.15, 0.2) is 53.8 Å². The molecule has 0 amide bonds. The number of hydrogen-bond donors (Lipinski definition) is 1. The molecule has 3 rings (SSSR count). The maximum atomic E-state index is 4.44. The number of aliphatic imine (C=N–C) groups is 1. The molecule has 0 aliphatic carbocycles. The summed E-state index contributed by atoms with van der Waals surface area (Å²) in [6.45, 7) is 2.84. The summed E-state index contributed by atoms with van der Waals surface area (Å²) < 4.78 is 1.85. The Morgan fingerprint density at radius 1 is 1.27 bits per heavy atom. The Kier molecular flexibility index (Phi) is 8.15. The third kappa shape index (κ3) is 5.59. The third-order valence-electron chi connectivity index (χ3n) is 4.55. The molecule has 140 valence electrons. The summed E-state index contributed by atoms with van der Waals surface area (Å²) >= 11 is 0. The zero-order valence-corrected chi connectivity index (χ0v) is 17.9. The van der Waals surface area contributed by atoms with E-state index in [-0.39, 0.29) is 24.0 Å². The van der Waals surface area contributed by atoms with E-state index in [1.165, 1.54) is 16.7 Å². The van der Waals surface area contributed by atoms with Crippen molar-refractivity contribution in [2.45, 2.75) is 19.3 Å². The molecule has 6 heteroatoms. The third-order valence-corrected chi connectivity index (χ3v) is 4.55. The number of rotatable bonds is 5. The molecule has 0 atom stereocenters. The second-order valence-corrected chi connectivity index (χ2v) is 6.39. The van der Waals surface area contributed by atoms with Crippen LogP contribution in [0.25, 0.3) is 5.57 Å². The van der Waals surface area contributed by atoms with Crippen LogP contribution >= 0.6 is 24.0 Å². The van der Waals surface area contributed by atoms with Crippen molar-refractivity contribution in [3.8, 4) is 0 Å². The van der Waals surface area contributed by atoms with Gasteiger partial charge in [0, 0.05) is 39.9 Å². The summed E-state index contributed by atoms with van der Waals surface area (Å²) in [5.74, 6) is 0.995. The van der Waals surface area contributed by atoms with E-state index in [2.05, 4.69) is 62.9 Å². The van der Waals surface area contributed by atoms with Crippen molar-refractivity contribution < 1.29 is 0 Å². The molecule has 0 fully saturated rings. The Morgan fingerprint density at radius 3 is 2.69 bits per heavy atom. The van der Waals surface area contributed by atoms with E-state index in [0.717, 1.165) is 44.9 Å². The monoisotopic (exact) mass is 465 g/mol. The minimum atomic E-state index is 0. The lowest BCUT2D eigenvalue weighted by molar-refractivity contribution is 0.439. The van der Waals surface area contributed by atoms with Crippen LogP contribution in [-0.2, 0) is 13.5 Å². The van der Waals surface area contributed by atoms with Crippen LogP contribution in [0, 0.1) is 0 Å². The van der Waals surface area contributed by atoms with Crippen molar-refractivity contribution >= 4 is 35.5 Å². The smallest absolute Gasteiger partial charge is 0.193 e. The lowest BCUT2D eigenvalue weighted by Gasteiger charge is -2.29. The Balaban J connectivity index is 0.00000243. The van der Waals surface area contributed by atoms with Gasteiger partial charge in [-0.2, -0.15) is 5.10 Å². The minimum Gasteiger partial charge on any atom is -0.356 e. The molecular weight excluding hydrogens is 437 g/mol. The number of hydrogen-bond acceptors (Lipinski definition) is 2. The normalized spacial score (nSPS) is 14.6. The van der Waals surface area contributed by atoms with E-state index in [0.29, 0.717) is 0 Å². The first-order valence-electron chi connectivity index (χ1n) is 8.94. The van der Waals surface area contributed by atoms with Crippen LogP contribution in [0.4, 0.5) is 0 Å². The Bertz CT molecular complexity index is 736. The predicted molar refractivity (Wildman–Crippen MR) is 119 cm³/mol. The first-order chi connectivity index (χ1) is 12.3. The summed E-state index contributed by atoms with van der Waals surface area (Å²) in [5, 5.41) is 7.70. The topological polar surface area (TPSA) is 45.5 Å². The molecule has 0 spiro atoms. The summed E-state index contributed by atoms with van der Waals surface area (Å²) in [5.41, 5.74) is 4.05. The maximum Gasteiger partial charge on any atom is 0.193 e. The molecule has 5 nitrogen and oxygen atoms in total. The molecular formula is C20H28IN5. The standard InChI is InChI=1S/C20H27N5.HI/c1-21-20(22-12-6-7-17-15-23-24(2)16-17)25-13-10-19(11-14-25)18-8-4-3-5-9-18;/h3-5,8-10,15-16H,6-7,11-14H2,1-2H3,(H,21,22);1H. The minimum absolute atomic E-state index is 0. The lowest BCUT2D eigenvalue weighted by atomic mass is 10.00. The molecule has 0 saturated heterocycles. The van der Waals surface area contributed by atoms with Gasteiger partial charge in [-0.05, 0) is 36.0 Å². The van der Waals surface area contributed by atoms with Gasteiger partial charge in [0.15, 0.2) is 5.96 Å². The molecule has 26 heavy (non-hydrogen) atoms. The van der Waals surface area contributed by atoms with Gasteiger partial charge in [-0.25, -0.2) is 0 Å². The number of aryl methyl sites for hydroxylation is 2. The second-order valence-electron chi connectivity index (χ2n) is 6.39. The first-order valence-corrected chi connectivity index (χ1v) is 8.94. The van der Waals surface area contributed by atoms with E-state index in [1.54, 1.807) is 0 Å². The van der Waals surface area contributed by atoms with Gasteiger partial charge in [0.1, 0.15) is 0 Å². The van der Waals surface area contributed by atoms with Crippen LogP contribution < -0.4 is 5.32 Å². The van der Waals surface area contributed by atoms with E-state index in [4.69, 9.17) is 0 Å². The Morgan fingerprint density at radius 2 is 2.08 bits per heavy atom. The van der Waals surface area contributed by atoms with E-state index < -0.39 is 0 Å². The Labute approximate surface area is 173 Å². The van der Waals surface area contributed by atoms with Gasteiger partial charge in [0.25, 0.3) is 0 Å². The molecule has 0 radical (unpaired) electrons. The molecule has 0 bridgehead atoms. The van der Waals surface area contributed by atoms with E-state index in [1.807, 2.05) is 25.0 Å². The fourth-order valence-corrected chi connectivity index (χ4v) is 3.20. The average molecular weight is 465 g/mol. The number of halogens is 1. The number of benzene rings is 1. The molecule has 0 saturated carbocycles. The van der Waals surface area contributed by atoms with Gasteiger partial charge in [0.05, 0.1) is 6.20 Å².